The van der Waals surface area contributed by atoms with Gasteiger partial charge in [-0.3, -0.25) is 4.79 Å². The topological polar surface area (TPSA) is 26.3 Å². The first-order valence-electron chi connectivity index (χ1n) is 9.94. The summed E-state index contributed by atoms with van der Waals surface area (Å²) in [7, 11) is 0. The maximum Gasteiger partial charge on any atom is 0.316 e. The Morgan fingerprint density at radius 2 is 2.00 bits per heavy atom. The minimum absolute atomic E-state index is 0.00501. The van der Waals surface area contributed by atoms with E-state index in [0.29, 0.717) is 12.5 Å². The van der Waals surface area contributed by atoms with Crippen molar-refractivity contribution in [2.75, 3.05) is 6.61 Å². The second-order valence-corrected chi connectivity index (χ2v) is 22.3. The maximum absolute atomic E-state index is 13.4. The van der Waals surface area contributed by atoms with Crippen LogP contribution in [0.1, 0.15) is 64.5 Å². The predicted octanol–water partition coefficient (Wildman–Crippen LogP) is 6.62. The predicted molar refractivity (Wildman–Crippen MR) is 122 cm³/mol. The number of halogens is 1. The third-order valence-electron chi connectivity index (χ3n) is 5.84. The van der Waals surface area contributed by atoms with Crippen LogP contribution in [0.15, 0.2) is 24.3 Å². The third kappa shape index (κ3) is 5.12. The van der Waals surface area contributed by atoms with Gasteiger partial charge in [0.1, 0.15) is 5.57 Å². The first-order chi connectivity index (χ1) is 12.0. The van der Waals surface area contributed by atoms with Gasteiger partial charge in [0, 0.05) is 0 Å². The van der Waals surface area contributed by atoms with Crippen LogP contribution >= 0.6 is 21.8 Å². The van der Waals surface area contributed by atoms with E-state index >= 15 is 0 Å². The summed E-state index contributed by atoms with van der Waals surface area (Å²) in [5.74, 6) is 0.328. The molecule has 1 aliphatic rings. The summed E-state index contributed by atoms with van der Waals surface area (Å²) in [6.45, 7) is 14.1. The van der Waals surface area contributed by atoms with Crippen LogP contribution in [-0.4, -0.2) is 18.1 Å². The van der Waals surface area contributed by atoms with Crippen molar-refractivity contribution in [2.24, 2.45) is 5.92 Å². The molecule has 1 aliphatic carbocycles. The fourth-order valence-corrected chi connectivity index (χ4v) is 5.22. The van der Waals surface area contributed by atoms with E-state index in [0.717, 1.165) is 30.9 Å². The monoisotopic (exact) mass is 486 g/mol. The molecule has 0 radical (unpaired) electrons. The zero-order valence-corrected chi connectivity index (χ0v) is 20.5. The molecule has 146 valence electrons. The molecular formula is C22H35IO2Si. The minimum Gasteiger partial charge on any atom is -0.465 e. The van der Waals surface area contributed by atoms with E-state index in [1.807, 2.05) is 0 Å². The zero-order valence-electron chi connectivity index (χ0n) is 17.3. The Kier molecular flexibility index (Phi) is 7.03. The van der Waals surface area contributed by atoms with Gasteiger partial charge in [0.25, 0.3) is 0 Å². The van der Waals surface area contributed by atoms with Crippen LogP contribution in [0.3, 0.4) is 0 Å². The van der Waals surface area contributed by atoms with Crippen LogP contribution < -0.4 is 0 Å². The van der Waals surface area contributed by atoms with Crippen LogP contribution in [0.2, 0.25) is 19.1 Å². The lowest BCUT2D eigenvalue weighted by Gasteiger charge is -2.41. The average molecular weight is 487 g/mol. The van der Waals surface area contributed by atoms with Gasteiger partial charge >= 0.3 is 5.97 Å². The van der Waals surface area contributed by atoms with Gasteiger partial charge in [0.2, 0.25) is 0 Å². The number of rotatable bonds is 5. The van der Waals surface area contributed by atoms with E-state index in [4.69, 9.17) is 4.74 Å². The van der Waals surface area contributed by atoms with E-state index in [9.17, 15) is 4.79 Å². The third-order valence-corrected chi connectivity index (χ3v) is 8.85. The van der Waals surface area contributed by atoms with Gasteiger partial charge in [-0.1, -0.05) is 77.9 Å². The normalized spacial score (nSPS) is 24.3. The highest BCUT2D eigenvalue weighted by molar-refractivity contribution is 14.1. The minimum atomic E-state index is -1.24. The van der Waals surface area contributed by atoms with Crippen molar-refractivity contribution >= 4 is 33.3 Å². The molecule has 0 amide bonds. The molecule has 1 fully saturated rings. The summed E-state index contributed by atoms with van der Waals surface area (Å²) in [6, 6.07) is 9.73. The van der Waals surface area contributed by atoms with Crippen LogP contribution in [-0.2, 0) is 20.4 Å². The Balaban J connectivity index is 2.36. The second-order valence-electron chi connectivity index (χ2n) is 9.55. The first kappa shape index (κ1) is 21.9. The van der Waals surface area contributed by atoms with Gasteiger partial charge in [0.15, 0.2) is 0 Å². The van der Waals surface area contributed by atoms with Crippen LogP contribution in [0, 0.1) is 5.92 Å². The molecule has 2 rings (SSSR count). The van der Waals surface area contributed by atoms with Gasteiger partial charge in [-0.05, 0) is 41.3 Å². The number of benzene rings is 1. The van der Waals surface area contributed by atoms with Crippen molar-refractivity contribution in [2.45, 2.75) is 83.3 Å². The summed E-state index contributed by atoms with van der Waals surface area (Å²) >= 11 is 2.56. The summed E-state index contributed by atoms with van der Waals surface area (Å²) in [5.41, 5.74) is 0.821. The number of carbonyl (C=O) groups is 1. The lowest BCUT2D eigenvalue weighted by atomic mass is 9.62. The quantitative estimate of drug-likeness (QED) is 0.203. The Morgan fingerprint density at radius 3 is 2.58 bits per heavy atom. The molecule has 0 bridgehead atoms. The SMILES string of the molecule is CC1CCCCC1(C(=O)OCC[Si](C)(C)I)c1cccc(C(C)(C)C)c1. The lowest BCUT2D eigenvalue weighted by Crippen LogP contribution is -2.45. The van der Waals surface area contributed by atoms with Crippen molar-refractivity contribution in [3.63, 3.8) is 0 Å². The zero-order chi connectivity index (χ0) is 19.6. The van der Waals surface area contributed by atoms with E-state index in [1.54, 1.807) is 0 Å². The molecule has 0 heterocycles. The van der Waals surface area contributed by atoms with Crippen molar-refractivity contribution in [1.82, 2.24) is 0 Å². The Morgan fingerprint density at radius 1 is 1.31 bits per heavy atom. The van der Waals surface area contributed by atoms with Gasteiger partial charge < -0.3 is 4.74 Å². The summed E-state index contributed by atoms with van der Waals surface area (Å²) < 4.78 is 5.90. The molecule has 26 heavy (non-hydrogen) atoms. The Labute approximate surface area is 173 Å². The summed E-state index contributed by atoms with van der Waals surface area (Å²) in [5, 5.41) is 0. The molecule has 2 unspecified atom stereocenters. The standard InChI is InChI=1S/C22H35IO2Si/c1-17-10-7-8-13-22(17,20(24)25-14-15-26(5,6)23)19-12-9-11-18(16-19)21(2,3)4/h9,11-12,16-17H,7-8,10,13-15H2,1-6H3. The Hall–Kier alpha value is -0.363. The van der Waals surface area contributed by atoms with Gasteiger partial charge in [0.05, 0.1) is 12.0 Å². The molecule has 0 spiro atoms. The summed E-state index contributed by atoms with van der Waals surface area (Å²) in [6.07, 6.45) is 4.32. The Bertz CT molecular complexity index is 630. The number of hydrogen-bond acceptors (Lipinski definition) is 2. The molecule has 2 nitrogen and oxygen atoms in total. The fraction of sp³-hybridized carbons (Fsp3) is 0.682. The molecule has 2 atom stereocenters. The van der Waals surface area contributed by atoms with Crippen LogP contribution in [0.5, 0.6) is 0 Å². The molecule has 4 heteroatoms. The summed E-state index contributed by atoms with van der Waals surface area (Å²) in [4.78, 5) is 13.4. The number of esters is 1. The van der Waals surface area contributed by atoms with Crippen molar-refractivity contribution in [3.05, 3.63) is 35.4 Å². The van der Waals surface area contributed by atoms with Crippen molar-refractivity contribution in [1.29, 1.82) is 0 Å². The largest absolute Gasteiger partial charge is 0.465 e. The average Bonchev–Trinajstić information content (AvgIpc) is 2.53. The van der Waals surface area contributed by atoms with E-state index in [2.05, 4.69) is 86.9 Å². The van der Waals surface area contributed by atoms with Crippen molar-refractivity contribution in [3.8, 4) is 0 Å². The van der Waals surface area contributed by atoms with E-state index in [-0.39, 0.29) is 11.4 Å². The molecule has 1 saturated carbocycles. The second kappa shape index (κ2) is 8.34. The first-order valence-corrected chi connectivity index (χ1v) is 16.3. The highest BCUT2D eigenvalue weighted by Gasteiger charge is 2.48. The van der Waals surface area contributed by atoms with Gasteiger partial charge in [-0.25, -0.2) is 0 Å². The number of hydrogen-bond donors (Lipinski definition) is 0. The highest BCUT2D eigenvalue weighted by Crippen LogP contribution is 2.45. The van der Waals surface area contributed by atoms with Gasteiger partial charge in [-0.15, -0.1) is 21.8 Å². The van der Waals surface area contributed by atoms with E-state index < -0.39 is 11.0 Å². The van der Waals surface area contributed by atoms with Crippen LogP contribution in [0.4, 0.5) is 0 Å². The van der Waals surface area contributed by atoms with Gasteiger partial charge in [-0.2, -0.15) is 0 Å². The molecule has 0 aromatic heterocycles. The maximum atomic E-state index is 13.4. The fourth-order valence-electron chi connectivity index (χ4n) is 3.98. The molecule has 1 aromatic rings. The smallest absolute Gasteiger partial charge is 0.316 e. The van der Waals surface area contributed by atoms with Crippen LogP contribution in [0.25, 0.3) is 0 Å². The number of carbonyl (C=O) groups excluding carboxylic acids is 1. The van der Waals surface area contributed by atoms with Crippen molar-refractivity contribution < 1.29 is 9.53 Å². The lowest BCUT2D eigenvalue weighted by molar-refractivity contribution is -0.154. The number of ether oxygens (including phenoxy) is 1. The molecule has 0 N–H and O–H groups in total. The molecule has 0 saturated heterocycles. The molecular weight excluding hydrogens is 451 g/mol. The molecule has 1 aromatic carbocycles. The highest BCUT2D eigenvalue weighted by atomic mass is 127. The van der Waals surface area contributed by atoms with E-state index in [1.165, 1.54) is 12.0 Å². The molecule has 0 aliphatic heterocycles.